The number of benzene rings is 2. The molecule has 0 aliphatic heterocycles. The van der Waals surface area contributed by atoms with Crippen LogP contribution in [0.15, 0.2) is 36.4 Å². The predicted molar refractivity (Wildman–Crippen MR) is 108 cm³/mol. The number of carbonyl (C=O) groups is 1. The van der Waals surface area contributed by atoms with Gasteiger partial charge in [0.25, 0.3) is 5.91 Å². The van der Waals surface area contributed by atoms with E-state index in [1.54, 1.807) is 37.3 Å². The molecule has 3 aromatic rings. The van der Waals surface area contributed by atoms with Gasteiger partial charge in [-0.15, -0.1) is 0 Å². The van der Waals surface area contributed by atoms with Crippen LogP contribution in [-0.4, -0.2) is 33.9 Å². The summed E-state index contributed by atoms with van der Waals surface area (Å²) in [6, 6.07) is 10.5. The van der Waals surface area contributed by atoms with Crippen LogP contribution in [0.2, 0.25) is 0 Å². The molecule has 0 saturated carbocycles. The first-order valence-electron chi connectivity index (χ1n) is 8.76. The number of rotatable bonds is 6. The number of hydrogen-bond donors (Lipinski definition) is 4. The topological polar surface area (TPSA) is 142 Å². The molecule has 0 saturated heterocycles. The number of para-hydroxylation sites is 1. The highest BCUT2D eigenvalue weighted by Crippen LogP contribution is 2.36. The Morgan fingerprint density at radius 2 is 1.93 bits per heavy atom. The molecule has 0 atom stereocenters. The van der Waals surface area contributed by atoms with E-state index in [1.807, 2.05) is 13.0 Å². The number of phenols is 1. The van der Waals surface area contributed by atoms with Crippen LogP contribution in [0.25, 0.3) is 16.9 Å². The lowest BCUT2D eigenvalue weighted by molar-refractivity contribution is 0.100. The zero-order valence-corrected chi connectivity index (χ0v) is 15.8. The van der Waals surface area contributed by atoms with Crippen molar-refractivity contribution in [1.29, 1.82) is 0 Å². The number of primary amides is 1. The van der Waals surface area contributed by atoms with E-state index in [-0.39, 0.29) is 17.1 Å². The summed E-state index contributed by atoms with van der Waals surface area (Å²) in [5, 5.41) is 14.7. The van der Waals surface area contributed by atoms with E-state index in [1.165, 1.54) is 4.68 Å². The van der Waals surface area contributed by atoms with Gasteiger partial charge in [-0.1, -0.05) is 18.2 Å². The van der Waals surface area contributed by atoms with Crippen molar-refractivity contribution in [2.75, 3.05) is 18.9 Å². The van der Waals surface area contributed by atoms with Gasteiger partial charge in [0, 0.05) is 17.7 Å². The van der Waals surface area contributed by atoms with Crippen molar-refractivity contribution in [1.82, 2.24) is 9.78 Å². The third kappa shape index (κ3) is 3.25. The first-order valence-corrected chi connectivity index (χ1v) is 8.76. The summed E-state index contributed by atoms with van der Waals surface area (Å²) in [7, 11) is 0. The largest absolute Gasteiger partial charge is 0.508 e. The maximum Gasteiger partial charge on any atom is 0.254 e. The van der Waals surface area contributed by atoms with E-state index < -0.39 is 5.91 Å². The summed E-state index contributed by atoms with van der Waals surface area (Å²) in [6.45, 7) is 4.27. The number of carbonyl (C=O) groups excluding carboxylic acids is 1. The lowest BCUT2D eigenvalue weighted by atomic mass is 10.1. The average molecular weight is 381 g/mol. The highest BCUT2D eigenvalue weighted by atomic mass is 16.5. The second-order valence-electron chi connectivity index (χ2n) is 6.39. The Hall–Kier alpha value is -3.52. The molecule has 2 aromatic carbocycles. The van der Waals surface area contributed by atoms with Gasteiger partial charge in [-0.3, -0.25) is 4.79 Å². The average Bonchev–Trinajstić information content (AvgIpc) is 3.01. The van der Waals surface area contributed by atoms with Crippen molar-refractivity contribution in [2.45, 2.75) is 13.8 Å². The van der Waals surface area contributed by atoms with Gasteiger partial charge in [-0.25, -0.2) is 4.68 Å². The lowest BCUT2D eigenvalue weighted by Gasteiger charge is -2.12. The SMILES string of the molecule is Cc1ccc(O)c(C)c1-n1nc(-c2ccccc2OCCN)c(C(N)=O)c1N. The Kier molecular flexibility index (Phi) is 5.23. The van der Waals surface area contributed by atoms with Gasteiger partial charge < -0.3 is 27.0 Å². The predicted octanol–water partition coefficient (Wildman–Crippen LogP) is 1.88. The van der Waals surface area contributed by atoms with E-state index in [9.17, 15) is 9.90 Å². The van der Waals surface area contributed by atoms with E-state index in [0.29, 0.717) is 41.4 Å². The molecule has 28 heavy (non-hydrogen) atoms. The Morgan fingerprint density at radius 1 is 1.21 bits per heavy atom. The molecule has 8 heteroatoms. The van der Waals surface area contributed by atoms with Crippen LogP contribution in [0.4, 0.5) is 5.82 Å². The van der Waals surface area contributed by atoms with Crippen molar-refractivity contribution in [3.63, 3.8) is 0 Å². The molecule has 0 bridgehead atoms. The van der Waals surface area contributed by atoms with Crippen LogP contribution in [0.1, 0.15) is 21.5 Å². The Balaban J connectivity index is 2.28. The summed E-state index contributed by atoms with van der Waals surface area (Å²) in [5.41, 5.74) is 20.4. The summed E-state index contributed by atoms with van der Waals surface area (Å²) >= 11 is 0. The molecule has 7 N–H and O–H groups in total. The molecule has 0 aliphatic rings. The Labute approximate surface area is 162 Å². The summed E-state index contributed by atoms with van der Waals surface area (Å²) in [4.78, 5) is 12.2. The fraction of sp³-hybridized carbons (Fsp3) is 0.200. The number of anilines is 1. The van der Waals surface area contributed by atoms with Crippen molar-refractivity contribution in [3.8, 4) is 28.4 Å². The third-order valence-electron chi connectivity index (χ3n) is 4.50. The molecule has 0 fully saturated rings. The number of hydrogen-bond acceptors (Lipinski definition) is 6. The number of ether oxygens (including phenoxy) is 1. The van der Waals surface area contributed by atoms with E-state index in [2.05, 4.69) is 5.10 Å². The van der Waals surface area contributed by atoms with Crippen molar-refractivity contribution in [2.24, 2.45) is 11.5 Å². The van der Waals surface area contributed by atoms with E-state index >= 15 is 0 Å². The van der Waals surface area contributed by atoms with Crippen LogP contribution >= 0.6 is 0 Å². The highest BCUT2D eigenvalue weighted by molar-refractivity contribution is 6.04. The minimum absolute atomic E-state index is 0.0888. The van der Waals surface area contributed by atoms with Crippen LogP contribution in [0.3, 0.4) is 0 Å². The first kappa shape index (κ1) is 19.2. The second-order valence-corrected chi connectivity index (χ2v) is 6.39. The summed E-state index contributed by atoms with van der Waals surface area (Å²) < 4.78 is 7.12. The summed E-state index contributed by atoms with van der Waals surface area (Å²) in [6.07, 6.45) is 0. The van der Waals surface area contributed by atoms with Gasteiger partial charge >= 0.3 is 0 Å². The van der Waals surface area contributed by atoms with Crippen molar-refractivity contribution in [3.05, 3.63) is 53.1 Å². The fourth-order valence-corrected chi connectivity index (χ4v) is 3.14. The molecule has 146 valence electrons. The Bertz CT molecular complexity index is 1040. The minimum Gasteiger partial charge on any atom is -0.508 e. The van der Waals surface area contributed by atoms with Gasteiger partial charge in [-0.05, 0) is 37.6 Å². The van der Waals surface area contributed by atoms with Gasteiger partial charge in [0.15, 0.2) is 0 Å². The number of aryl methyl sites for hydroxylation is 1. The van der Waals surface area contributed by atoms with Crippen molar-refractivity contribution < 1.29 is 14.6 Å². The highest BCUT2D eigenvalue weighted by Gasteiger charge is 2.25. The molecule has 0 aliphatic carbocycles. The molecular formula is C20H23N5O3. The molecule has 1 amide bonds. The monoisotopic (exact) mass is 381 g/mol. The van der Waals surface area contributed by atoms with Crippen molar-refractivity contribution >= 4 is 11.7 Å². The van der Waals surface area contributed by atoms with Gasteiger partial charge in [0.05, 0.1) is 5.69 Å². The standard InChI is InChI=1S/C20H23N5O3/c1-11-7-8-14(26)12(2)18(11)25-19(22)16(20(23)27)17(24-25)13-5-3-4-6-15(13)28-10-9-21/h3-8,26H,9-10,21-22H2,1-2H3,(H2,23,27). The summed E-state index contributed by atoms with van der Waals surface area (Å²) in [5.74, 6) is 0.00423. The van der Waals surface area contributed by atoms with Gasteiger partial charge in [-0.2, -0.15) is 5.10 Å². The number of nitrogens with zero attached hydrogens (tertiary/aromatic N) is 2. The number of aromatic hydroxyl groups is 1. The molecule has 1 heterocycles. The third-order valence-corrected chi connectivity index (χ3v) is 4.50. The van der Waals surface area contributed by atoms with Crippen LogP contribution in [0.5, 0.6) is 11.5 Å². The normalized spacial score (nSPS) is 10.8. The molecule has 3 rings (SSSR count). The molecule has 0 unspecified atom stereocenters. The zero-order chi connectivity index (χ0) is 20.4. The first-order chi connectivity index (χ1) is 13.4. The van der Waals surface area contributed by atoms with Crippen LogP contribution < -0.4 is 21.9 Å². The Morgan fingerprint density at radius 3 is 2.61 bits per heavy atom. The number of nitrogen functional groups attached to an aromatic ring is 1. The quantitative estimate of drug-likeness (QED) is 0.513. The lowest BCUT2D eigenvalue weighted by Crippen LogP contribution is -2.15. The molecular weight excluding hydrogens is 358 g/mol. The fourth-order valence-electron chi connectivity index (χ4n) is 3.14. The second kappa shape index (κ2) is 7.61. The molecule has 0 spiro atoms. The van der Waals surface area contributed by atoms with E-state index in [4.69, 9.17) is 21.9 Å². The number of nitrogens with two attached hydrogens (primary N) is 3. The smallest absolute Gasteiger partial charge is 0.254 e. The van der Waals surface area contributed by atoms with Gasteiger partial charge in [0.2, 0.25) is 0 Å². The minimum atomic E-state index is -0.706. The van der Waals surface area contributed by atoms with Crippen LogP contribution in [-0.2, 0) is 0 Å². The van der Waals surface area contributed by atoms with Gasteiger partial charge in [0.1, 0.15) is 35.2 Å². The van der Waals surface area contributed by atoms with E-state index in [0.717, 1.165) is 5.56 Å². The number of amides is 1. The molecule has 8 nitrogen and oxygen atoms in total. The molecule has 1 aromatic heterocycles. The number of phenolic OH excluding ortho intramolecular Hbond substituents is 1. The van der Waals surface area contributed by atoms with Crippen LogP contribution in [0, 0.1) is 13.8 Å². The maximum absolute atomic E-state index is 12.2. The molecule has 0 radical (unpaired) electrons. The zero-order valence-electron chi connectivity index (χ0n) is 15.8. The number of aromatic nitrogens is 2. The maximum atomic E-state index is 12.2.